The third kappa shape index (κ3) is 3.00. The van der Waals surface area contributed by atoms with Crippen LogP contribution in [-0.4, -0.2) is 25.6 Å². The van der Waals surface area contributed by atoms with Gasteiger partial charge in [0.05, 0.1) is 5.56 Å². The average Bonchev–Trinajstić information content (AvgIpc) is 3.15. The number of hydrogen-bond donors (Lipinski definition) is 1. The third-order valence-corrected chi connectivity index (χ3v) is 5.44. The van der Waals surface area contributed by atoms with Crippen LogP contribution in [0.2, 0.25) is 0 Å². The van der Waals surface area contributed by atoms with E-state index in [0.29, 0.717) is 30.3 Å². The molecule has 0 spiro atoms. The van der Waals surface area contributed by atoms with E-state index in [9.17, 15) is 9.59 Å². The summed E-state index contributed by atoms with van der Waals surface area (Å²) in [5, 5.41) is 7.41. The second kappa shape index (κ2) is 6.88. The van der Waals surface area contributed by atoms with E-state index in [-0.39, 0.29) is 28.1 Å². The Balaban J connectivity index is 1.79. The fourth-order valence-corrected chi connectivity index (χ4v) is 3.97. The lowest BCUT2D eigenvalue weighted by Gasteiger charge is -2.30. The predicted octanol–water partition coefficient (Wildman–Crippen LogP) is 2.51. The molecule has 3 aromatic heterocycles. The Kier molecular flexibility index (Phi) is 4.52. The Hall–Kier alpha value is -2.97. The summed E-state index contributed by atoms with van der Waals surface area (Å²) in [5.74, 6) is 0.912. The van der Waals surface area contributed by atoms with E-state index in [2.05, 4.69) is 20.4 Å². The average molecular weight is 385 g/mol. The van der Waals surface area contributed by atoms with E-state index < -0.39 is 5.54 Å². The normalized spacial score (nSPS) is 16.8. The number of fused-ring (bicyclic) bond motifs is 1. The van der Waals surface area contributed by atoms with Gasteiger partial charge in [-0.3, -0.25) is 9.59 Å². The lowest BCUT2D eigenvalue weighted by atomic mass is 9.88. The van der Waals surface area contributed by atoms with Crippen LogP contribution in [0.1, 0.15) is 66.4 Å². The summed E-state index contributed by atoms with van der Waals surface area (Å²) in [4.78, 5) is 34.5. The van der Waals surface area contributed by atoms with Gasteiger partial charge < -0.3 is 18.8 Å². The quantitative estimate of drug-likeness (QED) is 0.689. The number of amides is 1. The zero-order valence-corrected chi connectivity index (χ0v) is 16.2. The number of aryl methyl sites for hydroxylation is 3. The van der Waals surface area contributed by atoms with Crippen LogP contribution in [-0.2, 0) is 12.6 Å². The van der Waals surface area contributed by atoms with E-state index in [1.165, 1.54) is 10.9 Å². The molecule has 1 aliphatic rings. The molecule has 0 atom stereocenters. The molecule has 9 heteroatoms. The second-order valence-electron chi connectivity index (χ2n) is 7.46. The molecular weight excluding hydrogens is 362 g/mol. The fraction of sp³-hybridized carbons (Fsp3) is 0.526. The molecule has 0 saturated heterocycles. The lowest BCUT2D eigenvalue weighted by molar-refractivity contribution is 0.0876. The minimum Gasteiger partial charge on any atom is -0.442 e. The number of aromatic nitrogens is 4. The van der Waals surface area contributed by atoms with Crippen molar-refractivity contribution < 1.29 is 13.7 Å². The lowest BCUT2D eigenvalue weighted by Crippen LogP contribution is -2.46. The Morgan fingerprint density at radius 2 is 1.93 bits per heavy atom. The smallest absolute Gasteiger partial charge is 0.265 e. The number of nitrogens with zero attached hydrogens (tertiary/aromatic N) is 4. The van der Waals surface area contributed by atoms with Gasteiger partial charge in [0.15, 0.2) is 5.82 Å². The van der Waals surface area contributed by atoms with Gasteiger partial charge in [0.25, 0.3) is 11.5 Å². The number of carbonyl (C=O) groups excluding carboxylic acids is 1. The zero-order valence-electron chi connectivity index (χ0n) is 16.2. The van der Waals surface area contributed by atoms with Crippen molar-refractivity contribution in [2.45, 2.75) is 57.9 Å². The maximum atomic E-state index is 13.3. The monoisotopic (exact) mass is 385 g/mol. The molecule has 9 nitrogen and oxygen atoms in total. The molecular formula is C19H23N5O4. The van der Waals surface area contributed by atoms with E-state index >= 15 is 0 Å². The predicted molar refractivity (Wildman–Crippen MR) is 99.9 cm³/mol. The standard InChI is InChI=1S/C19H23N5O4/c1-11-13(14-16(27-11)20-10-24(3)17(14)26)15(25)22-19(8-6-4-5-7-9-19)18-21-12(2)28-23-18/h10H,4-9H2,1-3H3,(H,22,25). The largest absolute Gasteiger partial charge is 0.442 e. The van der Waals surface area contributed by atoms with Crippen LogP contribution in [0, 0.1) is 13.8 Å². The molecule has 1 fully saturated rings. The summed E-state index contributed by atoms with van der Waals surface area (Å²) >= 11 is 0. The highest BCUT2D eigenvalue weighted by atomic mass is 16.5. The van der Waals surface area contributed by atoms with Gasteiger partial charge in [-0.15, -0.1) is 0 Å². The SMILES string of the molecule is Cc1nc(C2(NC(=O)c3c(C)oc4ncn(C)c(=O)c34)CCCCCC2)no1. The highest BCUT2D eigenvalue weighted by molar-refractivity contribution is 6.06. The van der Waals surface area contributed by atoms with Crippen molar-refractivity contribution >= 4 is 17.0 Å². The Morgan fingerprint density at radius 1 is 1.21 bits per heavy atom. The van der Waals surface area contributed by atoms with Crippen molar-refractivity contribution in [2.24, 2.45) is 7.05 Å². The second-order valence-corrected chi connectivity index (χ2v) is 7.46. The molecule has 4 rings (SSSR count). The summed E-state index contributed by atoms with van der Waals surface area (Å²) < 4.78 is 12.1. The van der Waals surface area contributed by atoms with E-state index in [4.69, 9.17) is 8.94 Å². The number of nitrogens with one attached hydrogen (secondary N) is 1. The molecule has 1 aliphatic carbocycles. The minimum absolute atomic E-state index is 0.163. The number of rotatable bonds is 3. The van der Waals surface area contributed by atoms with Crippen LogP contribution in [0.5, 0.6) is 0 Å². The van der Waals surface area contributed by atoms with Crippen LogP contribution in [0.3, 0.4) is 0 Å². The van der Waals surface area contributed by atoms with Gasteiger partial charge >= 0.3 is 0 Å². The van der Waals surface area contributed by atoms with Crippen molar-refractivity contribution in [1.82, 2.24) is 25.0 Å². The molecule has 0 radical (unpaired) electrons. The topological polar surface area (TPSA) is 116 Å². The first-order chi connectivity index (χ1) is 13.4. The maximum absolute atomic E-state index is 13.3. The van der Waals surface area contributed by atoms with Crippen molar-refractivity contribution in [2.75, 3.05) is 0 Å². The molecule has 1 saturated carbocycles. The Morgan fingerprint density at radius 3 is 2.57 bits per heavy atom. The molecule has 0 unspecified atom stereocenters. The van der Waals surface area contributed by atoms with Gasteiger partial charge in [-0.2, -0.15) is 4.98 Å². The zero-order chi connectivity index (χ0) is 19.9. The number of furan rings is 1. The van der Waals surface area contributed by atoms with Crippen molar-refractivity contribution in [1.29, 1.82) is 0 Å². The molecule has 3 aromatic rings. The number of carbonyl (C=O) groups is 1. The van der Waals surface area contributed by atoms with Crippen LogP contribution in [0.15, 0.2) is 20.1 Å². The molecule has 0 bridgehead atoms. The summed E-state index contributed by atoms with van der Waals surface area (Å²) in [6.07, 6.45) is 6.87. The molecule has 0 aliphatic heterocycles. The van der Waals surface area contributed by atoms with Gasteiger partial charge in [0, 0.05) is 14.0 Å². The summed E-state index contributed by atoms with van der Waals surface area (Å²) in [5.41, 5.74) is -0.671. The first-order valence-corrected chi connectivity index (χ1v) is 9.49. The van der Waals surface area contributed by atoms with Gasteiger partial charge in [-0.05, 0) is 19.8 Å². The van der Waals surface area contributed by atoms with E-state index in [0.717, 1.165) is 25.7 Å². The van der Waals surface area contributed by atoms with E-state index in [1.807, 2.05) is 0 Å². The maximum Gasteiger partial charge on any atom is 0.265 e. The molecule has 28 heavy (non-hydrogen) atoms. The molecule has 3 heterocycles. The Bertz CT molecular complexity index is 1090. The summed E-state index contributed by atoms with van der Waals surface area (Å²) in [7, 11) is 1.59. The summed E-state index contributed by atoms with van der Waals surface area (Å²) in [6.45, 7) is 3.39. The highest BCUT2D eigenvalue weighted by Crippen LogP contribution is 2.35. The van der Waals surface area contributed by atoms with Crippen LogP contribution in [0.4, 0.5) is 0 Å². The Labute approximate surface area is 161 Å². The van der Waals surface area contributed by atoms with Gasteiger partial charge in [0.1, 0.15) is 23.0 Å². The minimum atomic E-state index is -0.727. The first-order valence-electron chi connectivity index (χ1n) is 9.49. The van der Waals surface area contributed by atoms with Crippen molar-refractivity contribution in [3.05, 3.63) is 39.7 Å². The summed E-state index contributed by atoms with van der Waals surface area (Å²) in [6, 6.07) is 0. The molecule has 148 valence electrons. The van der Waals surface area contributed by atoms with Crippen LogP contribution >= 0.6 is 0 Å². The van der Waals surface area contributed by atoms with Crippen molar-refractivity contribution in [3.63, 3.8) is 0 Å². The molecule has 1 amide bonds. The van der Waals surface area contributed by atoms with Crippen LogP contribution in [0.25, 0.3) is 11.1 Å². The third-order valence-electron chi connectivity index (χ3n) is 5.44. The molecule has 0 aromatic carbocycles. The molecule has 1 N–H and O–H groups in total. The first kappa shape index (κ1) is 18.4. The highest BCUT2D eigenvalue weighted by Gasteiger charge is 2.40. The van der Waals surface area contributed by atoms with Gasteiger partial charge in [-0.25, -0.2) is 4.98 Å². The fourth-order valence-electron chi connectivity index (χ4n) is 3.97. The van der Waals surface area contributed by atoms with Gasteiger partial charge in [0.2, 0.25) is 11.6 Å². The number of hydrogen-bond acceptors (Lipinski definition) is 7. The van der Waals surface area contributed by atoms with E-state index in [1.54, 1.807) is 20.9 Å². The van der Waals surface area contributed by atoms with Crippen LogP contribution < -0.4 is 10.9 Å². The van der Waals surface area contributed by atoms with Crippen molar-refractivity contribution in [3.8, 4) is 0 Å². The van der Waals surface area contributed by atoms with Gasteiger partial charge in [-0.1, -0.05) is 30.8 Å².